The molecule has 2 rings (SSSR count). The maximum Gasteiger partial charge on any atom is 0.345 e. The van der Waals surface area contributed by atoms with Crippen LogP contribution in [0.2, 0.25) is 0 Å². The SMILES string of the molecule is C=CCOc1ccc(/C=C/C(=O)c2ccc(C(=O)O)s2)cc1OC. The molecule has 0 bridgehead atoms. The number of aromatic carboxylic acids is 1. The lowest BCUT2D eigenvalue weighted by Crippen LogP contribution is -1.96. The third kappa shape index (κ3) is 4.33. The highest BCUT2D eigenvalue weighted by Crippen LogP contribution is 2.28. The maximum absolute atomic E-state index is 12.1. The predicted octanol–water partition coefficient (Wildman–Crippen LogP) is 3.92. The molecule has 1 aromatic heterocycles. The Labute approximate surface area is 143 Å². The topological polar surface area (TPSA) is 72.8 Å². The first-order valence-electron chi connectivity index (χ1n) is 7.02. The van der Waals surface area contributed by atoms with Crippen LogP contribution in [0, 0.1) is 0 Å². The van der Waals surface area contributed by atoms with Crippen molar-refractivity contribution in [3.05, 3.63) is 64.4 Å². The van der Waals surface area contributed by atoms with Crippen LogP contribution in [-0.2, 0) is 0 Å². The molecule has 1 aromatic carbocycles. The number of ether oxygens (including phenoxy) is 2. The molecule has 5 nitrogen and oxygen atoms in total. The van der Waals surface area contributed by atoms with E-state index in [-0.39, 0.29) is 10.7 Å². The summed E-state index contributed by atoms with van der Waals surface area (Å²) in [6.45, 7) is 3.96. The molecule has 0 aliphatic rings. The minimum absolute atomic E-state index is 0.136. The molecule has 6 heteroatoms. The first-order valence-corrected chi connectivity index (χ1v) is 7.84. The number of carbonyl (C=O) groups is 2. The largest absolute Gasteiger partial charge is 0.493 e. The van der Waals surface area contributed by atoms with Crippen LogP contribution >= 0.6 is 11.3 Å². The number of allylic oxidation sites excluding steroid dienone is 1. The average Bonchev–Trinajstić information content (AvgIpc) is 3.08. The lowest BCUT2D eigenvalue weighted by molar-refractivity contribution is 0.0702. The monoisotopic (exact) mass is 344 g/mol. The van der Waals surface area contributed by atoms with E-state index in [0.29, 0.717) is 23.0 Å². The summed E-state index contributed by atoms with van der Waals surface area (Å²) in [5.74, 6) is -0.151. The first-order chi connectivity index (χ1) is 11.5. The average molecular weight is 344 g/mol. The molecule has 1 heterocycles. The van der Waals surface area contributed by atoms with Gasteiger partial charge in [0.25, 0.3) is 0 Å². The first kappa shape index (κ1) is 17.5. The Bertz CT molecular complexity index is 788. The number of ketones is 1. The van der Waals surface area contributed by atoms with Crippen LogP contribution in [0.25, 0.3) is 6.08 Å². The maximum atomic E-state index is 12.1. The van der Waals surface area contributed by atoms with Gasteiger partial charge in [0.05, 0.1) is 12.0 Å². The Morgan fingerprint density at radius 3 is 2.58 bits per heavy atom. The van der Waals surface area contributed by atoms with Crippen LogP contribution in [0.4, 0.5) is 0 Å². The lowest BCUT2D eigenvalue weighted by atomic mass is 10.1. The number of thiophene rings is 1. The molecule has 0 radical (unpaired) electrons. The van der Waals surface area contributed by atoms with Crippen LogP contribution in [0.1, 0.15) is 24.9 Å². The van der Waals surface area contributed by atoms with Crippen molar-refractivity contribution in [2.45, 2.75) is 0 Å². The Morgan fingerprint density at radius 2 is 1.96 bits per heavy atom. The minimum Gasteiger partial charge on any atom is -0.493 e. The van der Waals surface area contributed by atoms with Gasteiger partial charge in [-0.3, -0.25) is 4.79 Å². The number of hydrogen-bond donors (Lipinski definition) is 1. The van der Waals surface area contributed by atoms with E-state index in [4.69, 9.17) is 14.6 Å². The second-order valence-electron chi connectivity index (χ2n) is 4.68. The Hall–Kier alpha value is -2.86. The van der Waals surface area contributed by atoms with E-state index >= 15 is 0 Å². The molecule has 2 aromatic rings. The van der Waals surface area contributed by atoms with Crippen LogP contribution in [0.5, 0.6) is 11.5 Å². The van der Waals surface area contributed by atoms with Gasteiger partial charge >= 0.3 is 5.97 Å². The third-order valence-electron chi connectivity index (χ3n) is 3.03. The van der Waals surface area contributed by atoms with Crippen molar-refractivity contribution in [2.24, 2.45) is 0 Å². The minimum atomic E-state index is -1.04. The molecule has 24 heavy (non-hydrogen) atoms. The summed E-state index contributed by atoms with van der Waals surface area (Å²) in [5, 5.41) is 8.88. The fourth-order valence-electron chi connectivity index (χ4n) is 1.90. The zero-order valence-electron chi connectivity index (χ0n) is 13.0. The molecule has 0 atom stereocenters. The number of hydrogen-bond acceptors (Lipinski definition) is 5. The molecule has 0 aliphatic carbocycles. The summed E-state index contributed by atoms with van der Waals surface area (Å²) in [6, 6.07) is 8.22. The van der Waals surface area contributed by atoms with Gasteiger partial charge in [-0.05, 0) is 35.9 Å². The standard InChI is InChI=1S/C18H16O5S/c1-3-10-23-14-7-5-12(11-15(14)22-2)4-6-13(19)16-8-9-17(24-16)18(20)21/h3-9,11H,1,10H2,2H3,(H,20,21)/b6-4+. The highest BCUT2D eigenvalue weighted by atomic mass is 32.1. The Morgan fingerprint density at radius 1 is 1.21 bits per heavy atom. The van der Waals surface area contributed by atoms with E-state index in [2.05, 4.69) is 6.58 Å². The van der Waals surface area contributed by atoms with Gasteiger partial charge in [0.1, 0.15) is 11.5 Å². The number of carboxylic acids is 1. The second kappa shape index (κ2) is 8.12. The molecule has 0 amide bonds. The van der Waals surface area contributed by atoms with Crippen molar-refractivity contribution in [2.75, 3.05) is 13.7 Å². The van der Waals surface area contributed by atoms with E-state index in [1.54, 1.807) is 30.4 Å². The second-order valence-corrected chi connectivity index (χ2v) is 5.76. The van der Waals surface area contributed by atoms with Crippen LogP contribution in [-0.4, -0.2) is 30.6 Å². The molecular weight excluding hydrogens is 328 g/mol. The van der Waals surface area contributed by atoms with Crippen molar-refractivity contribution in [1.82, 2.24) is 0 Å². The van der Waals surface area contributed by atoms with E-state index in [9.17, 15) is 9.59 Å². The van der Waals surface area contributed by atoms with Gasteiger partial charge in [-0.1, -0.05) is 24.8 Å². The molecule has 0 saturated heterocycles. The van der Waals surface area contributed by atoms with E-state index in [1.165, 1.54) is 25.3 Å². The summed E-state index contributed by atoms with van der Waals surface area (Å²) in [6.07, 6.45) is 4.68. The summed E-state index contributed by atoms with van der Waals surface area (Å²) in [4.78, 5) is 23.4. The van der Waals surface area contributed by atoms with Crippen LogP contribution in [0.3, 0.4) is 0 Å². The number of rotatable bonds is 8. The fraction of sp³-hybridized carbons (Fsp3) is 0.111. The smallest absolute Gasteiger partial charge is 0.345 e. The van der Waals surface area contributed by atoms with E-state index < -0.39 is 5.97 Å². The van der Waals surface area contributed by atoms with Crippen LogP contribution in [0.15, 0.2) is 49.1 Å². The van der Waals surface area contributed by atoms with Gasteiger partial charge in [0.2, 0.25) is 0 Å². The predicted molar refractivity (Wildman–Crippen MR) is 93.3 cm³/mol. The highest BCUT2D eigenvalue weighted by molar-refractivity contribution is 7.16. The number of methoxy groups -OCH3 is 1. The molecule has 0 spiro atoms. The number of carboxylic acid groups (broad SMARTS) is 1. The zero-order valence-corrected chi connectivity index (χ0v) is 13.8. The summed E-state index contributed by atoms with van der Waals surface area (Å²) < 4.78 is 10.7. The Balaban J connectivity index is 2.13. The van der Waals surface area contributed by atoms with Gasteiger partial charge in [-0.2, -0.15) is 0 Å². The lowest BCUT2D eigenvalue weighted by Gasteiger charge is -2.09. The van der Waals surface area contributed by atoms with Gasteiger partial charge in [-0.15, -0.1) is 11.3 Å². The summed E-state index contributed by atoms with van der Waals surface area (Å²) in [5.41, 5.74) is 0.765. The molecule has 0 fully saturated rings. The zero-order chi connectivity index (χ0) is 17.5. The van der Waals surface area contributed by atoms with Crippen LogP contribution < -0.4 is 9.47 Å². The molecule has 0 aliphatic heterocycles. The molecule has 0 saturated carbocycles. The summed E-state index contributed by atoms with van der Waals surface area (Å²) >= 11 is 0.949. The number of benzene rings is 1. The fourth-order valence-corrected chi connectivity index (χ4v) is 2.66. The van der Waals surface area contributed by atoms with E-state index in [1.807, 2.05) is 0 Å². The van der Waals surface area contributed by atoms with E-state index in [0.717, 1.165) is 16.9 Å². The van der Waals surface area contributed by atoms with Crippen molar-refractivity contribution >= 4 is 29.2 Å². The molecule has 1 N–H and O–H groups in total. The normalized spacial score (nSPS) is 10.5. The van der Waals surface area contributed by atoms with Gasteiger partial charge < -0.3 is 14.6 Å². The van der Waals surface area contributed by atoms with Gasteiger partial charge in [0, 0.05) is 0 Å². The van der Waals surface area contributed by atoms with Crippen molar-refractivity contribution in [3.8, 4) is 11.5 Å². The van der Waals surface area contributed by atoms with Crippen molar-refractivity contribution in [3.63, 3.8) is 0 Å². The Kier molecular flexibility index (Phi) is 5.92. The quantitative estimate of drug-likeness (QED) is 0.446. The van der Waals surface area contributed by atoms with Crippen molar-refractivity contribution < 1.29 is 24.2 Å². The molecule has 124 valence electrons. The van der Waals surface area contributed by atoms with Gasteiger partial charge in [0.15, 0.2) is 17.3 Å². The van der Waals surface area contributed by atoms with Crippen molar-refractivity contribution in [1.29, 1.82) is 0 Å². The molecular formula is C18H16O5S. The molecule has 0 unspecified atom stereocenters. The highest BCUT2D eigenvalue weighted by Gasteiger charge is 2.11. The van der Waals surface area contributed by atoms with Gasteiger partial charge in [-0.25, -0.2) is 4.79 Å². The third-order valence-corrected chi connectivity index (χ3v) is 4.12. The summed E-state index contributed by atoms with van der Waals surface area (Å²) in [7, 11) is 1.54. The number of carbonyl (C=O) groups excluding carboxylic acids is 1.